The molecule has 0 saturated carbocycles. The van der Waals surface area contributed by atoms with E-state index < -0.39 is 0 Å². The lowest BCUT2D eigenvalue weighted by molar-refractivity contribution is 0.938. The van der Waals surface area contributed by atoms with Crippen LogP contribution in [0.3, 0.4) is 0 Å². The molecule has 0 aliphatic rings. The molecular formula is C23H19Cl3N2. The molecule has 0 amide bonds. The Labute approximate surface area is 180 Å². The molecule has 2 nitrogen and oxygen atoms in total. The minimum atomic E-state index is -0.369. The second kappa shape index (κ2) is 9.29. The van der Waals surface area contributed by atoms with Crippen molar-refractivity contribution in [2.45, 2.75) is 10.8 Å². The van der Waals surface area contributed by atoms with E-state index in [2.05, 4.69) is 22.3 Å². The summed E-state index contributed by atoms with van der Waals surface area (Å²) in [5, 5.41) is 7.01. The van der Waals surface area contributed by atoms with E-state index in [1.54, 1.807) is 0 Å². The van der Waals surface area contributed by atoms with Crippen LogP contribution in [0, 0.1) is 0 Å². The van der Waals surface area contributed by atoms with E-state index in [1.807, 2.05) is 78.9 Å². The van der Waals surface area contributed by atoms with Gasteiger partial charge in [-0.2, -0.15) is 5.10 Å². The number of rotatable bonds is 5. The molecular weight excluding hydrogens is 411 g/mol. The molecule has 0 fully saturated rings. The highest BCUT2D eigenvalue weighted by atomic mass is 35.5. The molecule has 0 saturated heterocycles. The van der Waals surface area contributed by atoms with Gasteiger partial charge in [0.25, 0.3) is 0 Å². The second-order valence-corrected chi connectivity index (χ2v) is 7.18. The third-order valence-electron chi connectivity index (χ3n) is 4.56. The number of nitrogens with one attached hydrogen (secondary N) is 1. The molecule has 0 aliphatic carbocycles. The average molecular weight is 430 g/mol. The lowest BCUT2D eigenvalue weighted by Crippen LogP contribution is -1.99. The lowest BCUT2D eigenvalue weighted by atomic mass is 9.96. The summed E-state index contributed by atoms with van der Waals surface area (Å²) in [5.74, 6) is 0. The van der Waals surface area contributed by atoms with E-state index in [4.69, 9.17) is 23.2 Å². The summed E-state index contributed by atoms with van der Waals surface area (Å²) in [6.07, 6.45) is 0. The number of hydrogen-bond donors (Lipinski definition) is 1. The first kappa shape index (κ1) is 20.5. The first-order valence-corrected chi connectivity index (χ1v) is 9.64. The van der Waals surface area contributed by atoms with Crippen molar-refractivity contribution >= 4 is 35.6 Å². The molecule has 1 N–H and O–H groups in total. The fourth-order valence-electron chi connectivity index (χ4n) is 3.21. The zero-order chi connectivity index (χ0) is 18.6. The van der Waals surface area contributed by atoms with E-state index >= 15 is 0 Å². The monoisotopic (exact) mass is 428 g/mol. The molecule has 2 unspecified atom stereocenters. The van der Waals surface area contributed by atoms with Crippen LogP contribution in [-0.4, -0.2) is 10.2 Å². The fourth-order valence-corrected chi connectivity index (χ4v) is 3.82. The van der Waals surface area contributed by atoms with Crippen LogP contribution in [0.2, 0.25) is 0 Å². The Morgan fingerprint density at radius 3 is 1.64 bits per heavy atom. The summed E-state index contributed by atoms with van der Waals surface area (Å²) >= 11 is 13.7. The van der Waals surface area contributed by atoms with Crippen LogP contribution < -0.4 is 0 Å². The van der Waals surface area contributed by atoms with E-state index in [0.29, 0.717) is 0 Å². The van der Waals surface area contributed by atoms with Crippen molar-refractivity contribution < 1.29 is 0 Å². The maximum atomic E-state index is 6.84. The number of nitrogens with zero attached hydrogens (tertiary/aromatic N) is 1. The van der Waals surface area contributed by atoms with Crippen LogP contribution in [0.25, 0.3) is 11.1 Å². The Balaban J connectivity index is 0.00000225. The molecule has 142 valence electrons. The molecule has 1 heterocycles. The Morgan fingerprint density at radius 1 is 0.643 bits per heavy atom. The quantitative estimate of drug-likeness (QED) is 0.335. The summed E-state index contributed by atoms with van der Waals surface area (Å²) in [5.41, 5.74) is 5.65. The first-order chi connectivity index (χ1) is 13.3. The zero-order valence-corrected chi connectivity index (χ0v) is 17.3. The third-order valence-corrected chi connectivity index (χ3v) is 5.49. The number of H-pyrrole nitrogens is 1. The van der Waals surface area contributed by atoms with Crippen molar-refractivity contribution in [3.63, 3.8) is 0 Å². The van der Waals surface area contributed by atoms with E-state index in [-0.39, 0.29) is 23.2 Å². The van der Waals surface area contributed by atoms with Crippen LogP contribution in [0.4, 0.5) is 0 Å². The van der Waals surface area contributed by atoms with Gasteiger partial charge in [0.1, 0.15) is 10.8 Å². The molecule has 0 aliphatic heterocycles. The van der Waals surface area contributed by atoms with Crippen LogP contribution in [-0.2, 0) is 0 Å². The molecule has 2 atom stereocenters. The van der Waals surface area contributed by atoms with Crippen molar-refractivity contribution in [3.05, 3.63) is 114 Å². The first-order valence-electron chi connectivity index (χ1n) is 8.77. The number of hydrogen-bond acceptors (Lipinski definition) is 1. The minimum Gasteiger partial charge on any atom is -0.280 e. The summed E-state index contributed by atoms with van der Waals surface area (Å²) in [4.78, 5) is 0. The standard InChI is InChI=1S/C23H18Cl2N2.ClH/c24-20(17-12-6-2-7-13-17)22-19(16-10-4-1-5-11-16)23(27-26-22)21(25)18-14-8-3-9-15-18;/h1-15,20-21H,(H,26,27);1H. The fraction of sp³-hybridized carbons (Fsp3) is 0.0870. The van der Waals surface area contributed by atoms with Crippen molar-refractivity contribution in [1.29, 1.82) is 0 Å². The number of aromatic nitrogens is 2. The number of aromatic amines is 1. The molecule has 0 radical (unpaired) electrons. The van der Waals surface area contributed by atoms with Crippen LogP contribution in [0.15, 0.2) is 91.0 Å². The molecule has 28 heavy (non-hydrogen) atoms. The van der Waals surface area contributed by atoms with Gasteiger partial charge in [-0.25, -0.2) is 0 Å². The SMILES string of the molecule is Cl.ClC(c1ccccc1)c1n[nH]c(C(Cl)c2ccccc2)c1-c1ccccc1. The van der Waals surface area contributed by atoms with Gasteiger partial charge in [0, 0.05) is 5.56 Å². The number of alkyl halides is 2. The highest BCUT2D eigenvalue weighted by Crippen LogP contribution is 2.41. The Hall–Kier alpha value is -2.26. The molecule has 0 bridgehead atoms. The van der Waals surface area contributed by atoms with Crippen LogP contribution in [0.1, 0.15) is 33.3 Å². The van der Waals surface area contributed by atoms with Gasteiger partial charge in [-0.1, -0.05) is 91.0 Å². The average Bonchev–Trinajstić information content (AvgIpc) is 3.19. The second-order valence-electron chi connectivity index (χ2n) is 6.31. The number of benzene rings is 3. The summed E-state index contributed by atoms with van der Waals surface area (Å²) < 4.78 is 0. The molecule has 4 rings (SSSR count). The van der Waals surface area contributed by atoms with E-state index in [9.17, 15) is 0 Å². The van der Waals surface area contributed by atoms with Gasteiger partial charge in [0.05, 0.1) is 11.4 Å². The Morgan fingerprint density at radius 2 is 1.11 bits per heavy atom. The maximum absolute atomic E-state index is 6.84. The van der Waals surface area contributed by atoms with Crippen LogP contribution in [0.5, 0.6) is 0 Å². The van der Waals surface area contributed by atoms with Crippen molar-refractivity contribution in [1.82, 2.24) is 10.2 Å². The van der Waals surface area contributed by atoms with E-state index in [0.717, 1.165) is 33.6 Å². The molecule has 1 aromatic heterocycles. The smallest absolute Gasteiger partial charge is 0.103 e. The van der Waals surface area contributed by atoms with Crippen molar-refractivity contribution in [2.75, 3.05) is 0 Å². The summed E-state index contributed by atoms with van der Waals surface area (Å²) in [6.45, 7) is 0. The van der Waals surface area contributed by atoms with Gasteiger partial charge in [0.2, 0.25) is 0 Å². The Kier molecular flexibility index (Phi) is 6.79. The van der Waals surface area contributed by atoms with Crippen LogP contribution >= 0.6 is 35.6 Å². The normalized spacial score (nSPS) is 12.8. The predicted molar refractivity (Wildman–Crippen MR) is 120 cm³/mol. The summed E-state index contributed by atoms with van der Waals surface area (Å²) in [7, 11) is 0. The minimum absolute atomic E-state index is 0. The number of halogens is 3. The van der Waals surface area contributed by atoms with Gasteiger partial charge in [0.15, 0.2) is 0 Å². The highest BCUT2D eigenvalue weighted by Gasteiger charge is 2.26. The van der Waals surface area contributed by atoms with Gasteiger partial charge in [-0.05, 0) is 16.7 Å². The Bertz CT molecular complexity index is 939. The third kappa shape index (κ3) is 4.10. The van der Waals surface area contributed by atoms with Gasteiger partial charge >= 0.3 is 0 Å². The van der Waals surface area contributed by atoms with Crippen molar-refractivity contribution in [3.8, 4) is 11.1 Å². The maximum Gasteiger partial charge on any atom is 0.103 e. The predicted octanol–water partition coefficient (Wildman–Crippen LogP) is 7.15. The molecule has 5 heteroatoms. The summed E-state index contributed by atoms with van der Waals surface area (Å²) in [6, 6.07) is 30.1. The van der Waals surface area contributed by atoms with E-state index in [1.165, 1.54) is 0 Å². The largest absolute Gasteiger partial charge is 0.280 e. The molecule has 3 aromatic carbocycles. The topological polar surface area (TPSA) is 28.7 Å². The highest BCUT2D eigenvalue weighted by molar-refractivity contribution is 6.24. The molecule has 0 spiro atoms. The zero-order valence-electron chi connectivity index (χ0n) is 14.9. The molecule has 4 aromatic rings. The van der Waals surface area contributed by atoms with Gasteiger partial charge in [-0.3, -0.25) is 5.10 Å². The lowest BCUT2D eigenvalue weighted by Gasteiger charge is -2.14. The van der Waals surface area contributed by atoms with Crippen molar-refractivity contribution in [2.24, 2.45) is 0 Å². The van der Waals surface area contributed by atoms with Gasteiger partial charge < -0.3 is 0 Å². The van der Waals surface area contributed by atoms with Gasteiger partial charge in [-0.15, -0.1) is 35.6 Å².